The van der Waals surface area contributed by atoms with E-state index in [1.807, 2.05) is 18.2 Å². The second-order valence-electron chi connectivity index (χ2n) is 8.80. The van der Waals surface area contributed by atoms with Gasteiger partial charge in [-0.2, -0.15) is 0 Å². The molecule has 34 heavy (non-hydrogen) atoms. The molecule has 0 unspecified atom stereocenters. The summed E-state index contributed by atoms with van der Waals surface area (Å²) in [6, 6.07) is 15.9. The Morgan fingerprint density at radius 3 is 2.35 bits per heavy atom. The Morgan fingerprint density at radius 2 is 1.65 bits per heavy atom. The largest absolute Gasteiger partial charge is 0.493 e. The first-order valence-corrected chi connectivity index (χ1v) is 11.6. The molecule has 1 heterocycles. The third kappa shape index (κ3) is 5.44. The van der Waals surface area contributed by atoms with Crippen LogP contribution in [0.5, 0.6) is 11.5 Å². The maximum Gasteiger partial charge on any atom is 0.319 e. The van der Waals surface area contributed by atoms with Gasteiger partial charge in [0.15, 0.2) is 11.5 Å². The van der Waals surface area contributed by atoms with Crippen molar-refractivity contribution in [1.82, 2.24) is 10.3 Å². The summed E-state index contributed by atoms with van der Waals surface area (Å²) in [5, 5.41) is 10.7. The van der Waals surface area contributed by atoms with Crippen LogP contribution in [0.15, 0.2) is 48.5 Å². The average Bonchev–Trinajstić information content (AvgIpc) is 2.84. The fourth-order valence-electron chi connectivity index (χ4n) is 4.46. The summed E-state index contributed by atoms with van der Waals surface area (Å²) < 4.78 is 10.5. The summed E-state index contributed by atoms with van der Waals surface area (Å²) in [4.78, 5) is 19.4. The number of urea groups is 1. The van der Waals surface area contributed by atoms with Crippen molar-refractivity contribution in [2.45, 2.75) is 37.8 Å². The second-order valence-corrected chi connectivity index (χ2v) is 8.80. The van der Waals surface area contributed by atoms with E-state index in [1.54, 1.807) is 32.4 Å². The van der Waals surface area contributed by atoms with E-state index in [4.69, 9.17) is 14.5 Å². The molecular formula is C26H33N5O3. The Hall–Kier alpha value is -3.68. The normalized spacial score (nSPS) is 17.6. The molecule has 180 valence electrons. The Balaban J connectivity index is 1.31. The summed E-state index contributed by atoms with van der Waals surface area (Å²) in [7, 11) is 7.26. The lowest BCUT2D eigenvalue weighted by molar-refractivity contribution is 0.243. The van der Waals surface area contributed by atoms with Crippen molar-refractivity contribution < 1.29 is 14.3 Å². The molecule has 1 aromatic heterocycles. The molecule has 0 spiro atoms. The van der Waals surface area contributed by atoms with E-state index in [0.717, 1.165) is 48.1 Å². The van der Waals surface area contributed by atoms with Crippen molar-refractivity contribution in [1.29, 1.82) is 0 Å². The molecule has 2 amide bonds. The van der Waals surface area contributed by atoms with E-state index in [0.29, 0.717) is 23.2 Å². The fraction of sp³-hybridized carbons (Fsp3) is 0.385. The number of nitrogens with zero attached hydrogens (tertiary/aromatic N) is 2. The molecule has 2 aromatic carbocycles. The van der Waals surface area contributed by atoms with Gasteiger partial charge in [0.05, 0.1) is 19.7 Å². The number of hydrogen-bond acceptors (Lipinski definition) is 6. The summed E-state index contributed by atoms with van der Waals surface area (Å²) in [5.74, 6) is 2.09. The molecule has 0 bridgehead atoms. The zero-order valence-corrected chi connectivity index (χ0v) is 20.2. The van der Waals surface area contributed by atoms with E-state index >= 15 is 0 Å². The van der Waals surface area contributed by atoms with Gasteiger partial charge in [-0.15, -0.1) is 0 Å². The Morgan fingerprint density at radius 1 is 0.941 bits per heavy atom. The molecular weight excluding hydrogens is 430 g/mol. The van der Waals surface area contributed by atoms with Crippen LogP contribution >= 0.6 is 0 Å². The minimum absolute atomic E-state index is 0.139. The molecule has 0 saturated heterocycles. The Bertz CT molecular complexity index is 1140. The number of benzene rings is 2. The van der Waals surface area contributed by atoms with Gasteiger partial charge >= 0.3 is 6.03 Å². The zero-order valence-electron chi connectivity index (χ0n) is 20.2. The lowest BCUT2D eigenvalue weighted by Crippen LogP contribution is -2.42. The van der Waals surface area contributed by atoms with Gasteiger partial charge < -0.3 is 30.3 Å². The number of pyridine rings is 1. The smallest absolute Gasteiger partial charge is 0.319 e. The predicted octanol–water partition coefficient (Wildman–Crippen LogP) is 4.86. The van der Waals surface area contributed by atoms with Crippen LogP contribution in [-0.4, -0.2) is 51.4 Å². The van der Waals surface area contributed by atoms with E-state index in [9.17, 15) is 4.79 Å². The van der Waals surface area contributed by atoms with Crippen molar-refractivity contribution in [3.05, 3.63) is 48.5 Å². The minimum atomic E-state index is -0.213. The number of rotatable bonds is 7. The standard InChI is InChI=1S/C26H33N5O3/c1-31(2)22-16-25(30-21-8-6-5-7-20(21)22)27-17-9-11-18(12-10-17)28-26(32)29-19-13-14-23(33-3)24(15-19)34-4/h5-8,13-18H,9-12H2,1-4H3,(H,27,30)(H2,28,29,32). The summed E-state index contributed by atoms with van der Waals surface area (Å²) in [5.41, 5.74) is 2.79. The molecule has 0 radical (unpaired) electrons. The molecule has 4 rings (SSSR count). The molecule has 8 heteroatoms. The van der Waals surface area contributed by atoms with Gasteiger partial charge in [-0.3, -0.25) is 0 Å². The van der Waals surface area contributed by atoms with Crippen molar-refractivity contribution in [2.75, 3.05) is 43.8 Å². The van der Waals surface area contributed by atoms with E-state index in [1.165, 1.54) is 0 Å². The third-order valence-corrected chi connectivity index (χ3v) is 6.23. The van der Waals surface area contributed by atoms with Crippen LogP contribution in [0, 0.1) is 0 Å². The number of hydrogen-bond donors (Lipinski definition) is 3. The maximum atomic E-state index is 12.5. The van der Waals surface area contributed by atoms with Gasteiger partial charge in [0, 0.05) is 55.1 Å². The number of ether oxygens (including phenoxy) is 2. The number of carbonyl (C=O) groups is 1. The number of fused-ring (bicyclic) bond motifs is 1. The number of carbonyl (C=O) groups excluding carboxylic acids is 1. The second kappa shape index (κ2) is 10.5. The average molecular weight is 464 g/mol. The monoisotopic (exact) mass is 463 g/mol. The molecule has 3 N–H and O–H groups in total. The van der Waals surface area contributed by atoms with Crippen molar-refractivity contribution in [3.63, 3.8) is 0 Å². The quantitative estimate of drug-likeness (QED) is 0.464. The molecule has 1 fully saturated rings. The number of para-hydroxylation sites is 1. The highest BCUT2D eigenvalue weighted by molar-refractivity contribution is 5.93. The van der Waals surface area contributed by atoms with Crippen LogP contribution in [0.3, 0.4) is 0 Å². The van der Waals surface area contributed by atoms with E-state index in [2.05, 4.69) is 47.1 Å². The SMILES string of the molecule is COc1ccc(NC(=O)NC2CCC(Nc3cc(N(C)C)c4ccccc4n3)CC2)cc1OC. The number of aromatic nitrogens is 1. The van der Waals surface area contributed by atoms with Crippen LogP contribution in [-0.2, 0) is 0 Å². The van der Waals surface area contributed by atoms with Crippen molar-refractivity contribution in [3.8, 4) is 11.5 Å². The van der Waals surface area contributed by atoms with Crippen LogP contribution in [0.2, 0.25) is 0 Å². The number of anilines is 3. The highest BCUT2D eigenvalue weighted by Crippen LogP contribution is 2.31. The lowest BCUT2D eigenvalue weighted by Gasteiger charge is -2.30. The van der Waals surface area contributed by atoms with Crippen LogP contribution < -0.4 is 30.3 Å². The van der Waals surface area contributed by atoms with Gasteiger partial charge in [-0.1, -0.05) is 18.2 Å². The highest BCUT2D eigenvalue weighted by atomic mass is 16.5. The third-order valence-electron chi connectivity index (χ3n) is 6.23. The van der Waals surface area contributed by atoms with Gasteiger partial charge in [-0.25, -0.2) is 9.78 Å². The zero-order chi connectivity index (χ0) is 24.1. The Kier molecular flexibility index (Phi) is 7.25. The number of methoxy groups -OCH3 is 2. The molecule has 0 atom stereocenters. The van der Waals surface area contributed by atoms with Gasteiger partial charge in [0.1, 0.15) is 5.82 Å². The lowest BCUT2D eigenvalue weighted by atomic mass is 9.91. The predicted molar refractivity (Wildman–Crippen MR) is 137 cm³/mol. The first kappa shape index (κ1) is 23.5. The minimum Gasteiger partial charge on any atom is -0.493 e. The number of nitrogens with one attached hydrogen (secondary N) is 3. The van der Waals surface area contributed by atoms with Gasteiger partial charge in [0.25, 0.3) is 0 Å². The van der Waals surface area contributed by atoms with Crippen LogP contribution in [0.1, 0.15) is 25.7 Å². The topological polar surface area (TPSA) is 87.8 Å². The number of amides is 2. The van der Waals surface area contributed by atoms with Crippen LogP contribution in [0.4, 0.5) is 22.0 Å². The molecule has 1 aliphatic carbocycles. The molecule has 1 aliphatic rings. The Labute approximate surface area is 200 Å². The maximum absolute atomic E-state index is 12.5. The van der Waals surface area contributed by atoms with E-state index in [-0.39, 0.29) is 12.1 Å². The molecule has 0 aliphatic heterocycles. The molecule has 8 nitrogen and oxygen atoms in total. The summed E-state index contributed by atoms with van der Waals surface area (Å²) in [6.07, 6.45) is 3.75. The van der Waals surface area contributed by atoms with Gasteiger partial charge in [0.2, 0.25) is 0 Å². The first-order chi connectivity index (χ1) is 16.5. The fourth-order valence-corrected chi connectivity index (χ4v) is 4.46. The highest BCUT2D eigenvalue weighted by Gasteiger charge is 2.23. The summed E-state index contributed by atoms with van der Waals surface area (Å²) >= 11 is 0. The van der Waals surface area contributed by atoms with Crippen LogP contribution in [0.25, 0.3) is 10.9 Å². The molecule has 3 aromatic rings. The van der Waals surface area contributed by atoms with Crippen molar-refractivity contribution in [2.24, 2.45) is 0 Å². The van der Waals surface area contributed by atoms with Crippen molar-refractivity contribution >= 4 is 34.1 Å². The molecule has 1 saturated carbocycles. The van der Waals surface area contributed by atoms with E-state index < -0.39 is 0 Å². The summed E-state index contributed by atoms with van der Waals surface area (Å²) in [6.45, 7) is 0. The van der Waals surface area contributed by atoms with Gasteiger partial charge in [-0.05, 0) is 43.9 Å². The first-order valence-electron chi connectivity index (χ1n) is 11.6.